The van der Waals surface area contributed by atoms with E-state index in [2.05, 4.69) is 12.2 Å². The van der Waals surface area contributed by atoms with Crippen LogP contribution in [0.2, 0.25) is 0 Å². The lowest BCUT2D eigenvalue weighted by Crippen LogP contribution is -2.61. The highest BCUT2D eigenvalue weighted by molar-refractivity contribution is 5.77. The Morgan fingerprint density at radius 1 is 1.16 bits per heavy atom. The Balaban J connectivity index is 1.81. The van der Waals surface area contributed by atoms with Crippen molar-refractivity contribution < 1.29 is 29.6 Å². The summed E-state index contributed by atoms with van der Waals surface area (Å²) >= 11 is 0. The van der Waals surface area contributed by atoms with Crippen molar-refractivity contribution in [2.75, 3.05) is 26.3 Å². The summed E-state index contributed by atoms with van der Waals surface area (Å²) in [6.07, 6.45) is 3.08. The second-order valence-corrected chi connectivity index (χ2v) is 10.2. The molecule has 0 aromatic rings. The molecule has 0 bridgehead atoms. The summed E-state index contributed by atoms with van der Waals surface area (Å²) in [6.45, 7) is 6.91. The van der Waals surface area contributed by atoms with E-state index in [4.69, 9.17) is 4.74 Å². The van der Waals surface area contributed by atoms with E-state index in [0.717, 1.165) is 25.7 Å². The van der Waals surface area contributed by atoms with Crippen LogP contribution >= 0.6 is 0 Å². The van der Waals surface area contributed by atoms with Gasteiger partial charge in [-0.1, -0.05) is 13.8 Å². The number of fused-ring (bicyclic) bond motifs is 1. The Morgan fingerprint density at radius 2 is 1.90 bits per heavy atom. The molecule has 2 aliphatic carbocycles. The third-order valence-electron chi connectivity index (χ3n) is 8.55. The van der Waals surface area contributed by atoms with E-state index >= 15 is 0 Å². The second-order valence-electron chi connectivity index (χ2n) is 10.2. The molecule has 8 heteroatoms. The van der Waals surface area contributed by atoms with Crippen molar-refractivity contribution in [1.29, 1.82) is 0 Å². The Hall–Kier alpha value is -1.38. The van der Waals surface area contributed by atoms with Crippen molar-refractivity contribution in [3.8, 4) is 0 Å². The standard InChI is InChI=1S/C23H40N2O6/c1-4-24-21(30)31-19-9-10-22(2)16(12-20(29)25-11-5-6-15(25)13-26)17(28)7-8-18(22)23(19,3)14-27/h15-19,26-28H,4-14H2,1-3H3,(H,24,30)/t15-,16+,17+,18+,19+,22-,23-/m0/s1. The summed E-state index contributed by atoms with van der Waals surface area (Å²) in [5, 5.41) is 33.6. The number of amides is 2. The van der Waals surface area contributed by atoms with Gasteiger partial charge in [-0.05, 0) is 62.7 Å². The molecule has 0 aromatic carbocycles. The van der Waals surface area contributed by atoms with Gasteiger partial charge in [0.1, 0.15) is 6.10 Å². The van der Waals surface area contributed by atoms with E-state index < -0.39 is 23.7 Å². The molecule has 4 N–H and O–H groups in total. The average molecular weight is 441 g/mol. The highest BCUT2D eigenvalue weighted by atomic mass is 16.6. The third kappa shape index (κ3) is 4.44. The Morgan fingerprint density at radius 3 is 2.55 bits per heavy atom. The van der Waals surface area contributed by atoms with Gasteiger partial charge in [-0.2, -0.15) is 0 Å². The third-order valence-corrected chi connectivity index (χ3v) is 8.55. The molecule has 31 heavy (non-hydrogen) atoms. The van der Waals surface area contributed by atoms with Crippen LogP contribution in [-0.2, 0) is 9.53 Å². The summed E-state index contributed by atoms with van der Waals surface area (Å²) < 4.78 is 5.71. The number of carbonyl (C=O) groups is 2. The Bertz CT molecular complexity index is 660. The molecule has 1 saturated heterocycles. The SMILES string of the molecule is CCNC(=O)O[C@@H]1CC[C@]2(C)[C@@H](CC[C@@H](O)[C@H]2CC(=O)N2CCC[C@H]2CO)[C@]1(C)CO. The first-order valence-corrected chi connectivity index (χ1v) is 11.8. The summed E-state index contributed by atoms with van der Waals surface area (Å²) in [5.41, 5.74) is -0.985. The highest BCUT2D eigenvalue weighted by Gasteiger charge is 2.60. The minimum Gasteiger partial charge on any atom is -0.446 e. The predicted octanol–water partition coefficient (Wildman–Crippen LogP) is 1.66. The van der Waals surface area contributed by atoms with Crippen LogP contribution in [0, 0.1) is 22.7 Å². The van der Waals surface area contributed by atoms with E-state index in [1.807, 2.05) is 13.8 Å². The zero-order valence-electron chi connectivity index (χ0n) is 19.2. The van der Waals surface area contributed by atoms with Crippen LogP contribution < -0.4 is 5.32 Å². The van der Waals surface area contributed by atoms with E-state index in [-0.39, 0.29) is 48.8 Å². The summed E-state index contributed by atoms with van der Waals surface area (Å²) in [7, 11) is 0. The smallest absolute Gasteiger partial charge is 0.407 e. The summed E-state index contributed by atoms with van der Waals surface area (Å²) in [4.78, 5) is 27.0. The number of alkyl carbamates (subject to hydrolysis) is 1. The van der Waals surface area contributed by atoms with E-state index in [0.29, 0.717) is 25.9 Å². The maximum Gasteiger partial charge on any atom is 0.407 e. The predicted molar refractivity (Wildman–Crippen MR) is 115 cm³/mol. The van der Waals surface area contributed by atoms with Crippen LogP contribution in [0.5, 0.6) is 0 Å². The number of nitrogens with one attached hydrogen (secondary N) is 1. The molecule has 0 aromatic heterocycles. The minimum atomic E-state index is -0.638. The fourth-order valence-corrected chi connectivity index (χ4v) is 6.75. The molecule has 0 spiro atoms. The highest BCUT2D eigenvalue weighted by Crippen LogP contribution is 2.61. The van der Waals surface area contributed by atoms with Gasteiger partial charge in [0, 0.05) is 24.9 Å². The molecule has 7 atom stereocenters. The Labute approximate surface area is 185 Å². The number of hydrogen-bond donors (Lipinski definition) is 4. The summed E-state index contributed by atoms with van der Waals surface area (Å²) in [6, 6.07) is -0.124. The number of rotatable bonds is 6. The number of nitrogens with zero attached hydrogens (tertiary/aromatic N) is 1. The van der Waals surface area contributed by atoms with Crippen molar-refractivity contribution in [3.63, 3.8) is 0 Å². The van der Waals surface area contributed by atoms with Gasteiger partial charge in [0.05, 0.1) is 25.4 Å². The van der Waals surface area contributed by atoms with Gasteiger partial charge in [-0.15, -0.1) is 0 Å². The molecule has 3 aliphatic rings. The van der Waals surface area contributed by atoms with Crippen LogP contribution in [0.3, 0.4) is 0 Å². The molecule has 0 radical (unpaired) electrons. The number of aliphatic hydroxyl groups excluding tert-OH is 3. The van der Waals surface area contributed by atoms with Crippen LogP contribution in [0.25, 0.3) is 0 Å². The number of ether oxygens (including phenoxy) is 1. The average Bonchev–Trinajstić information content (AvgIpc) is 3.22. The topological polar surface area (TPSA) is 119 Å². The largest absolute Gasteiger partial charge is 0.446 e. The molecule has 3 rings (SSSR count). The fourth-order valence-electron chi connectivity index (χ4n) is 6.75. The molecule has 0 unspecified atom stereocenters. The number of hydrogen-bond acceptors (Lipinski definition) is 6. The minimum absolute atomic E-state index is 0.00567. The Kier molecular flexibility index (Phi) is 7.54. The van der Waals surface area contributed by atoms with E-state index in [1.165, 1.54) is 0 Å². The van der Waals surface area contributed by atoms with Crippen LogP contribution in [0.4, 0.5) is 4.79 Å². The van der Waals surface area contributed by atoms with E-state index in [9.17, 15) is 24.9 Å². The first-order chi connectivity index (χ1) is 14.7. The molecule has 2 amide bonds. The van der Waals surface area contributed by atoms with Gasteiger partial charge >= 0.3 is 6.09 Å². The lowest BCUT2D eigenvalue weighted by molar-refractivity contribution is -0.187. The van der Waals surface area contributed by atoms with Crippen molar-refractivity contribution in [1.82, 2.24) is 10.2 Å². The zero-order chi connectivity index (χ0) is 22.8. The fraction of sp³-hybridized carbons (Fsp3) is 0.913. The number of likely N-dealkylation sites (tertiary alicyclic amines) is 1. The van der Waals surface area contributed by atoms with E-state index in [1.54, 1.807) is 4.90 Å². The van der Waals surface area contributed by atoms with Crippen molar-refractivity contribution >= 4 is 12.0 Å². The van der Waals surface area contributed by atoms with Crippen LogP contribution in [-0.4, -0.2) is 76.8 Å². The van der Waals surface area contributed by atoms with Crippen molar-refractivity contribution in [2.24, 2.45) is 22.7 Å². The van der Waals surface area contributed by atoms with Gasteiger partial charge in [0.15, 0.2) is 0 Å². The lowest BCUT2D eigenvalue weighted by Gasteiger charge is -2.60. The number of aliphatic hydroxyl groups is 3. The molecule has 2 saturated carbocycles. The number of carbonyl (C=O) groups excluding carboxylic acids is 2. The monoisotopic (exact) mass is 440 g/mol. The second kappa shape index (κ2) is 9.63. The van der Waals surface area contributed by atoms with Crippen molar-refractivity contribution in [2.45, 2.75) is 84.0 Å². The summed E-state index contributed by atoms with van der Waals surface area (Å²) in [5.74, 6) is -0.213. The van der Waals surface area contributed by atoms with Gasteiger partial charge in [-0.25, -0.2) is 4.79 Å². The van der Waals surface area contributed by atoms with Gasteiger partial charge < -0.3 is 30.3 Å². The molecular formula is C23H40N2O6. The molecule has 1 heterocycles. The van der Waals surface area contributed by atoms with Gasteiger partial charge in [0.2, 0.25) is 5.91 Å². The van der Waals surface area contributed by atoms with Crippen LogP contribution in [0.1, 0.15) is 65.7 Å². The van der Waals surface area contributed by atoms with Gasteiger partial charge in [0.25, 0.3) is 0 Å². The zero-order valence-corrected chi connectivity index (χ0v) is 19.2. The molecule has 178 valence electrons. The normalized spacial score (nSPS) is 40.3. The molecule has 1 aliphatic heterocycles. The van der Waals surface area contributed by atoms with Gasteiger partial charge in [-0.3, -0.25) is 4.79 Å². The molecule has 8 nitrogen and oxygen atoms in total. The maximum atomic E-state index is 13.1. The first kappa shape index (κ1) is 24.3. The first-order valence-electron chi connectivity index (χ1n) is 11.8. The maximum absolute atomic E-state index is 13.1. The van der Waals surface area contributed by atoms with Crippen LogP contribution in [0.15, 0.2) is 0 Å². The molecule has 3 fully saturated rings. The lowest BCUT2D eigenvalue weighted by atomic mass is 9.46. The molecular weight excluding hydrogens is 400 g/mol. The quantitative estimate of drug-likeness (QED) is 0.499. The van der Waals surface area contributed by atoms with Crippen molar-refractivity contribution in [3.05, 3.63) is 0 Å².